The van der Waals surface area contributed by atoms with Gasteiger partial charge in [-0.2, -0.15) is 0 Å². The Morgan fingerprint density at radius 2 is 1.79 bits per heavy atom. The fourth-order valence-electron chi connectivity index (χ4n) is 3.66. The normalized spacial score (nSPS) is 24.7. The molecule has 1 aliphatic carbocycles. The van der Waals surface area contributed by atoms with Crippen LogP contribution >= 0.6 is 0 Å². The Hall–Kier alpha value is -0.860. The number of hydrogen-bond acceptors (Lipinski definition) is 2. The molecule has 19 heavy (non-hydrogen) atoms. The third-order valence-corrected chi connectivity index (χ3v) is 4.71. The molecule has 0 aromatic rings. The topological polar surface area (TPSA) is 37.4 Å². The predicted octanol–water partition coefficient (Wildman–Crippen LogP) is 3.32. The lowest BCUT2D eigenvalue weighted by Gasteiger charge is -2.26. The van der Waals surface area contributed by atoms with E-state index < -0.39 is 0 Å². The summed E-state index contributed by atoms with van der Waals surface area (Å²) in [6.45, 7) is 2.49. The Balaban J connectivity index is 1.76. The number of amides is 1. The lowest BCUT2D eigenvalue weighted by atomic mass is 9.86. The van der Waals surface area contributed by atoms with Crippen molar-refractivity contribution in [3.05, 3.63) is 0 Å². The number of carbonyl (C=O) groups excluding carboxylic acids is 2. The molecule has 0 N–H and O–H groups in total. The molecule has 2 fully saturated rings. The third kappa shape index (κ3) is 4.32. The van der Waals surface area contributed by atoms with Gasteiger partial charge in [-0.05, 0) is 32.1 Å². The number of rotatable bonds is 5. The number of ketones is 1. The molecule has 1 unspecified atom stereocenters. The lowest BCUT2D eigenvalue weighted by molar-refractivity contribution is -0.133. The van der Waals surface area contributed by atoms with Crippen LogP contribution in [0.3, 0.4) is 0 Å². The zero-order valence-corrected chi connectivity index (χ0v) is 12.2. The molecule has 1 saturated heterocycles. The summed E-state index contributed by atoms with van der Waals surface area (Å²) < 4.78 is 0. The molecule has 0 aromatic heterocycles. The van der Waals surface area contributed by atoms with Gasteiger partial charge in [-0.15, -0.1) is 0 Å². The minimum atomic E-state index is 0.191. The average molecular weight is 265 g/mol. The zero-order chi connectivity index (χ0) is 13.7. The van der Waals surface area contributed by atoms with Gasteiger partial charge in [0.2, 0.25) is 5.91 Å². The van der Waals surface area contributed by atoms with E-state index in [0.29, 0.717) is 12.8 Å². The highest BCUT2D eigenvalue weighted by Gasteiger charge is 2.29. The van der Waals surface area contributed by atoms with E-state index in [-0.39, 0.29) is 17.7 Å². The summed E-state index contributed by atoms with van der Waals surface area (Å²) in [5.41, 5.74) is 0. The Bertz CT molecular complexity index is 321. The molecule has 1 saturated carbocycles. The van der Waals surface area contributed by atoms with Crippen LogP contribution in [0.5, 0.6) is 0 Å². The van der Waals surface area contributed by atoms with Crippen LogP contribution in [0.1, 0.15) is 71.1 Å². The molecule has 0 spiro atoms. The minimum Gasteiger partial charge on any atom is -0.339 e. The van der Waals surface area contributed by atoms with Crippen LogP contribution in [0.4, 0.5) is 0 Å². The summed E-state index contributed by atoms with van der Waals surface area (Å²) >= 11 is 0. The van der Waals surface area contributed by atoms with Crippen LogP contribution in [0.15, 0.2) is 0 Å². The number of nitrogens with zero attached hydrogens (tertiary/aromatic N) is 1. The molecule has 0 bridgehead atoms. The van der Waals surface area contributed by atoms with Gasteiger partial charge in [0, 0.05) is 25.4 Å². The monoisotopic (exact) mass is 265 g/mol. The van der Waals surface area contributed by atoms with Crippen LogP contribution < -0.4 is 0 Å². The molecule has 0 aromatic carbocycles. The van der Waals surface area contributed by atoms with Gasteiger partial charge in [0.05, 0.1) is 0 Å². The molecule has 0 radical (unpaired) electrons. The summed E-state index contributed by atoms with van der Waals surface area (Å²) in [6.07, 6.45) is 11.1. The van der Waals surface area contributed by atoms with Crippen molar-refractivity contribution in [1.82, 2.24) is 4.90 Å². The van der Waals surface area contributed by atoms with Crippen molar-refractivity contribution in [3.8, 4) is 0 Å². The second kappa shape index (κ2) is 7.06. The van der Waals surface area contributed by atoms with Crippen molar-refractivity contribution in [3.63, 3.8) is 0 Å². The molecule has 108 valence electrons. The van der Waals surface area contributed by atoms with Crippen molar-refractivity contribution >= 4 is 11.7 Å². The first-order valence-electron chi connectivity index (χ1n) is 7.95. The molecule has 1 heterocycles. The zero-order valence-electron chi connectivity index (χ0n) is 12.2. The maximum atomic E-state index is 12.3. The Kier molecular flexibility index (Phi) is 5.41. The Labute approximate surface area is 116 Å². The van der Waals surface area contributed by atoms with Gasteiger partial charge >= 0.3 is 0 Å². The van der Waals surface area contributed by atoms with Crippen molar-refractivity contribution in [2.45, 2.75) is 77.2 Å². The largest absolute Gasteiger partial charge is 0.339 e. The smallest absolute Gasteiger partial charge is 0.222 e. The summed E-state index contributed by atoms with van der Waals surface area (Å²) in [6, 6.07) is 0.191. The Morgan fingerprint density at radius 3 is 2.47 bits per heavy atom. The first-order chi connectivity index (χ1) is 9.16. The first-order valence-corrected chi connectivity index (χ1v) is 7.95. The molecule has 2 rings (SSSR count). The number of hydrogen-bond donors (Lipinski definition) is 0. The van der Waals surface area contributed by atoms with E-state index in [4.69, 9.17) is 0 Å². The van der Waals surface area contributed by atoms with Crippen LogP contribution in [0.25, 0.3) is 0 Å². The number of carbonyl (C=O) groups is 2. The lowest BCUT2D eigenvalue weighted by Crippen LogP contribution is -2.36. The SMILES string of the molecule is CC(=O)CC1CCCN1C(=O)CCC1CCCCC1. The van der Waals surface area contributed by atoms with Gasteiger partial charge in [-0.3, -0.25) is 9.59 Å². The van der Waals surface area contributed by atoms with Crippen LogP contribution in [-0.4, -0.2) is 29.2 Å². The van der Waals surface area contributed by atoms with E-state index >= 15 is 0 Å². The predicted molar refractivity (Wildman–Crippen MR) is 75.8 cm³/mol. The maximum Gasteiger partial charge on any atom is 0.222 e. The van der Waals surface area contributed by atoms with Gasteiger partial charge in [-0.1, -0.05) is 32.1 Å². The van der Waals surface area contributed by atoms with E-state index in [0.717, 1.165) is 31.7 Å². The van der Waals surface area contributed by atoms with E-state index in [1.165, 1.54) is 32.1 Å². The van der Waals surface area contributed by atoms with E-state index in [9.17, 15) is 9.59 Å². The molecule has 1 amide bonds. The van der Waals surface area contributed by atoms with Crippen LogP contribution in [0, 0.1) is 5.92 Å². The van der Waals surface area contributed by atoms with Crippen LogP contribution in [0.2, 0.25) is 0 Å². The van der Waals surface area contributed by atoms with E-state index in [2.05, 4.69) is 0 Å². The molecule has 1 aliphatic heterocycles. The molecular formula is C16H27NO2. The fourth-order valence-corrected chi connectivity index (χ4v) is 3.66. The van der Waals surface area contributed by atoms with Gasteiger partial charge in [-0.25, -0.2) is 0 Å². The second-order valence-electron chi connectivity index (χ2n) is 6.33. The highest BCUT2D eigenvalue weighted by atomic mass is 16.2. The number of Topliss-reactive ketones (excluding diaryl/α,β-unsaturated/α-hetero) is 1. The van der Waals surface area contributed by atoms with Crippen molar-refractivity contribution in [2.24, 2.45) is 5.92 Å². The summed E-state index contributed by atoms with van der Waals surface area (Å²) in [5.74, 6) is 1.26. The molecule has 1 atom stereocenters. The van der Waals surface area contributed by atoms with Crippen LogP contribution in [-0.2, 0) is 9.59 Å². The standard InChI is InChI=1S/C16H27NO2/c1-13(18)12-15-8-5-11-17(15)16(19)10-9-14-6-3-2-4-7-14/h14-15H,2-12H2,1H3. The van der Waals surface area contributed by atoms with Gasteiger partial charge in [0.25, 0.3) is 0 Å². The molecule has 3 heteroatoms. The maximum absolute atomic E-state index is 12.3. The summed E-state index contributed by atoms with van der Waals surface area (Å²) in [7, 11) is 0. The molecule has 2 aliphatic rings. The molecule has 3 nitrogen and oxygen atoms in total. The van der Waals surface area contributed by atoms with Crippen molar-refractivity contribution in [2.75, 3.05) is 6.54 Å². The second-order valence-corrected chi connectivity index (χ2v) is 6.33. The summed E-state index contributed by atoms with van der Waals surface area (Å²) in [5, 5.41) is 0. The van der Waals surface area contributed by atoms with Gasteiger partial charge in [0.1, 0.15) is 5.78 Å². The average Bonchev–Trinajstić information content (AvgIpc) is 2.84. The van der Waals surface area contributed by atoms with Crippen molar-refractivity contribution < 1.29 is 9.59 Å². The fraction of sp³-hybridized carbons (Fsp3) is 0.875. The number of likely N-dealkylation sites (tertiary alicyclic amines) is 1. The first kappa shape index (κ1) is 14.5. The van der Waals surface area contributed by atoms with Gasteiger partial charge in [0.15, 0.2) is 0 Å². The highest BCUT2D eigenvalue weighted by Crippen LogP contribution is 2.28. The molecular weight excluding hydrogens is 238 g/mol. The van der Waals surface area contributed by atoms with Crippen molar-refractivity contribution in [1.29, 1.82) is 0 Å². The van der Waals surface area contributed by atoms with E-state index in [1.807, 2.05) is 4.90 Å². The minimum absolute atomic E-state index is 0.191. The summed E-state index contributed by atoms with van der Waals surface area (Å²) in [4.78, 5) is 25.5. The third-order valence-electron chi connectivity index (χ3n) is 4.71. The van der Waals surface area contributed by atoms with Gasteiger partial charge < -0.3 is 4.90 Å². The van der Waals surface area contributed by atoms with E-state index in [1.54, 1.807) is 6.92 Å². The quantitative estimate of drug-likeness (QED) is 0.764. The Morgan fingerprint density at radius 1 is 1.05 bits per heavy atom. The highest BCUT2D eigenvalue weighted by molar-refractivity contribution is 5.80.